The number of allylic oxidation sites excluding steroid dienone is 2. The zero-order valence-corrected chi connectivity index (χ0v) is 19.8. The van der Waals surface area contributed by atoms with Crippen molar-refractivity contribution in [2.45, 2.75) is 13.8 Å². The van der Waals surface area contributed by atoms with Gasteiger partial charge in [0.05, 0.1) is 46.8 Å². The number of fused-ring (bicyclic) bond motifs is 2. The molecule has 0 saturated heterocycles. The Morgan fingerprint density at radius 3 is 1.95 bits per heavy atom. The molecule has 0 fully saturated rings. The Bertz CT molecular complexity index is 1460. The molecule has 0 radical (unpaired) electrons. The predicted octanol–water partition coefficient (Wildman–Crippen LogP) is 3.29. The second-order valence-electron chi connectivity index (χ2n) is 7.74. The van der Waals surface area contributed by atoms with E-state index >= 15 is 0 Å². The zero-order valence-electron chi connectivity index (χ0n) is 19.8. The first-order valence-corrected chi connectivity index (χ1v) is 10.6. The minimum absolute atomic E-state index is 0.0724. The van der Waals surface area contributed by atoms with Crippen molar-refractivity contribution in [3.05, 3.63) is 86.4 Å². The van der Waals surface area contributed by atoms with Crippen molar-refractivity contribution in [3.8, 4) is 22.9 Å². The summed E-state index contributed by atoms with van der Waals surface area (Å²) in [7, 11) is 1.36. The van der Waals surface area contributed by atoms with E-state index in [0.717, 1.165) is 0 Å². The molecule has 2 aliphatic heterocycles. The van der Waals surface area contributed by atoms with E-state index in [0.29, 0.717) is 51.7 Å². The largest absolute Gasteiger partial charge is 0.490 e. The first kappa shape index (κ1) is 24.6. The molecule has 6 N–H and O–H groups in total. The van der Waals surface area contributed by atoms with Crippen LogP contribution in [0, 0.1) is 20.2 Å². The number of nitrogens with two attached hydrogens (primary N) is 2. The SMILES string of the molecule is CC1=C(N)Nc2cc(-n3ccnc3)c([N+](=O)[O-])cc2O1.COc1cc2c(cc1[N+](=O)[O-])OC(C)=C(N)N2. The summed E-state index contributed by atoms with van der Waals surface area (Å²) in [6.07, 6.45) is 4.66. The average molecular weight is 510 g/mol. The smallest absolute Gasteiger partial charge is 0.314 e. The summed E-state index contributed by atoms with van der Waals surface area (Å²) in [5.41, 5.74) is 12.7. The molecule has 2 aliphatic rings. The van der Waals surface area contributed by atoms with E-state index in [-0.39, 0.29) is 17.1 Å². The maximum absolute atomic E-state index is 11.2. The van der Waals surface area contributed by atoms with Crippen molar-refractivity contribution in [2.75, 3.05) is 17.7 Å². The van der Waals surface area contributed by atoms with E-state index in [2.05, 4.69) is 15.6 Å². The summed E-state index contributed by atoms with van der Waals surface area (Å²) in [5, 5.41) is 27.9. The van der Waals surface area contributed by atoms with Gasteiger partial charge in [-0.2, -0.15) is 0 Å². The lowest BCUT2D eigenvalue weighted by Crippen LogP contribution is -2.19. The summed E-state index contributed by atoms with van der Waals surface area (Å²) in [4.78, 5) is 24.9. The van der Waals surface area contributed by atoms with Crippen LogP contribution in [0.3, 0.4) is 0 Å². The second kappa shape index (κ2) is 9.65. The van der Waals surface area contributed by atoms with Gasteiger partial charge >= 0.3 is 5.69 Å². The molecule has 0 amide bonds. The van der Waals surface area contributed by atoms with E-state index in [1.165, 1.54) is 31.6 Å². The van der Waals surface area contributed by atoms with E-state index in [1.54, 1.807) is 36.9 Å². The van der Waals surface area contributed by atoms with Gasteiger partial charge in [0.15, 0.2) is 17.2 Å². The molecule has 0 spiro atoms. The number of nitro benzene ring substituents is 2. The monoisotopic (exact) mass is 510 g/mol. The Balaban J connectivity index is 0.000000176. The highest BCUT2D eigenvalue weighted by Gasteiger charge is 2.25. The molecule has 15 heteroatoms. The normalized spacial score (nSPS) is 13.5. The summed E-state index contributed by atoms with van der Waals surface area (Å²) < 4.78 is 17.3. The van der Waals surface area contributed by atoms with Gasteiger partial charge in [0, 0.05) is 18.5 Å². The molecule has 37 heavy (non-hydrogen) atoms. The molecule has 0 aliphatic carbocycles. The lowest BCUT2D eigenvalue weighted by Gasteiger charge is -2.21. The Kier molecular flexibility index (Phi) is 6.43. The minimum atomic E-state index is -0.528. The fourth-order valence-corrected chi connectivity index (χ4v) is 3.44. The molecule has 0 bridgehead atoms. The maximum Gasteiger partial charge on any atom is 0.314 e. The Morgan fingerprint density at radius 1 is 0.919 bits per heavy atom. The standard InChI is InChI=1S/C12H11N5O3.C10H11N3O4/c1-7-12(13)15-8-4-9(16-3-2-14-6-16)10(17(18)19)5-11(8)20-7;1-5-10(11)12-6-3-9(16-2)7(13(14)15)4-8(6)17-5/h2-6,15H,13H2,1H3;3-4,12H,11H2,1-2H3. The number of methoxy groups -OCH3 is 1. The lowest BCUT2D eigenvalue weighted by atomic mass is 10.2. The molecule has 192 valence electrons. The molecule has 15 nitrogen and oxygen atoms in total. The topological polar surface area (TPSA) is 208 Å². The van der Waals surface area contributed by atoms with E-state index < -0.39 is 9.85 Å². The van der Waals surface area contributed by atoms with Crippen LogP contribution in [0.2, 0.25) is 0 Å². The van der Waals surface area contributed by atoms with E-state index in [4.69, 9.17) is 25.7 Å². The molecule has 0 saturated carbocycles. The van der Waals surface area contributed by atoms with Crippen LogP contribution in [-0.4, -0.2) is 26.5 Å². The van der Waals surface area contributed by atoms with Crippen LogP contribution in [0.4, 0.5) is 22.7 Å². The second-order valence-corrected chi connectivity index (χ2v) is 7.74. The van der Waals surface area contributed by atoms with Crippen molar-refractivity contribution in [2.24, 2.45) is 11.5 Å². The van der Waals surface area contributed by atoms with Gasteiger partial charge in [-0.05, 0) is 19.9 Å². The molecule has 2 aromatic carbocycles. The van der Waals surface area contributed by atoms with Gasteiger partial charge in [-0.15, -0.1) is 0 Å². The fourth-order valence-electron chi connectivity index (χ4n) is 3.44. The van der Waals surface area contributed by atoms with Gasteiger partial charge in [0.2, 0.25) is 0 Å². The first-order chi connectivity index (χ1) is 17.6. The highest BCUT2D eigenvalue weighted by Crippen LogP contribution is 2.41. The first-order valence-electron chi connectivity index (χ1n) is 10.6. The third-order valence-corrected chi connectivity index (χ3v) is 5.36. The number of nitrogens with zero attached hydrogens (tertiary/aromatic N) is 4. The Labute approximate surface area is 209 Å². The fraction of sp³-hybridized carbons (Fsp3) is 0.136. The predicted molar refractivity (Wildman–Crippen MR) is 132 cm³/mol. The van der Waals surface area contributed by atoms with Crippen LogP contribution < -0.4 is 36.3 Å². The van der Waals surface area contributed by atoms with Crippen LogP contribution in [0.15, 0.2) is 66.1 Å². The van der Waals surface area contributed by atoms with E-state index in [1.807, 2.05) is 0 Å². The van der Waals surface area contributed by atoms with Crippen molar-refractivity contribution in [1.29, 1.82) is 0 Å². The van der Waals surface area contributed by atoms with Gasteiger partial charge in [0.1, 0.15) is 28.8 Å². The van der Waals surface area contributed by atoms with E-state index in [9.17, 15) is 20.2 Å². The third kappa shape index (κ3) is 4.86. The quantitative estimate of drug-likeness (QED) is 0.294. The number of nitrogens with one attached hydrogen (secondary N) is 2. The summed E-state index contributed by atoms with van der Waals surface area (Å²) in [6.45, 7) is 3.35. The number of nitro groups is 2. The summed E-state index contributed by atoms with van der Waals surface area (Å²) >= 11 is 0. The highest BCUT2D eigenvalue weighted by molar-refractivity contribution is 5.72. The number of aromatic nitrogens is 2. The average Bonchev–Trinajstić information content (AvgIpc) is 3.39. The highest BCUT2D eigenvalue weighted by atomic mass is 16.6. The van der Waals surface area contributed by atoms with Crippen molar-refractivity contribution >= 4 is 22.7 Å². The number of hydrogen-bond donors (Lipinski definition) is 4. The van der Waals surface area contributed by atoms with Crippen molar-refractivity contribution in [1.82, 2.24) is 9.55 Å². The van der Waals surface area contributed by atoms with Crippen LogP contribution in [-0.2, 0) is 0 Å². The number of ether oxygens (including phenoxy) is 3. The van der Waals surface area contributed by atoms with Gasteiger partial charge in [0.25, 0.3) is 5.69 Å². The minimum Gasteiger partial charge on any atom is -0.490 e. The number of benzene rings is 2. The van der Waals surface area contributed by atoms with Gasteiger partial charge in [-0.25, -0.2) is 4.98 Å². The van der Waals surface area contributed by atoms with Gasteiger partial charge < -0.3 is 40.9 Å². The number of hydrogen-bond acceptors (Lipinski definition) is 12. The Morgan fingerprint density at radius 2 is 1.46 bits per heavy atom. The molecular formula is C22H22N8O7. The molecular weight excluding hydrogens is 488 g/mol. The van der Waals surface area contributed by atoms with Crippen LogP contribution in [0.25, 0.3) is 5.69 Å². The molecule has 3 heterocycles. The lowest BCUT2D eigenvalue weighted by molar-refractivity contribution is -0.385. The van der Waals surface area contributed by atoms with Gasteiger partial charge in [-0.3, -0.25) is 20.2 Å². The molecule has 0 atom stereocenters. The van der Waals surface area contributed by atoms with Crippen LogP contribution in [0.1, 0.15) is 13.8 Å². The number of imidazole rings is 1. The van der Waals surface area contributed by atoms with Crippen molar-refractivity contribution < 1.29 is 24.1 Å². The van der Waals surface area contributed by atoms with Crippen LogP contribution >= 0.6 is 0 Å². The molecule has 1 aromatic heterocycles. The number of rotatable bonds is 4. The molecule has 0 unspecified atom stereocenters. The summed E-state index contributed by atoms with van der Waals surface area (Å²) in [5.74, 6) is 2.56. The van der Waals surface area contributed by atoms with Crippen molar-refractivity contribution in [3.63, 3.8) is 0 Å². The maximum atomic E-state index is 11.2. The van der Waals surface area contributed by atoms with Crippen LogP contribution in [0.5, 0.6) is 17.2 Å². The Hall–Kier alpha value is -5.47. The molecule has 3 aromatic rings. The number of anilines is 2. The third-order valence-electron chi connectivity index (χ3n) is 5.36. The molecule has 5 rings (SSSR count). The van der Waals surface area contributed by atoms with Gasteiger partial charge in [-0.1, -0.05) is 0 Å². The zero-order chi connectivity index (χ0) is 26.9. The summed E-state index contributed by atoms with van der Waals surface area (Å²) in [6, 6.07) is 5.76.